The molecule has 82 valence electrons. The quantitative estimate of drug-likeness (QED) is 0.854. The zero-order chi connectivity index (χ0) is 10.6. The molecule has 0 amide bonds. The van der Waals surface area contributed by atoms with Crippen LogP contribution in [0.4, 0.5) is 0 Å². The summed E-state index contributed by atoms with van der Waals surface area (Å²) >= 11 is 6.98. The van der Waals surface area contributed by atoms with Crippen molar-refractivity contribution in [3.8, 4) is 0 Å². The van der Waals surface area contributed by atoms with Gasteiger partial charge < -0.3 is 9.88 Å². The van der Waals surface area contributed by atoms with E-state index in [0.29, 0.717) is 11.3 Å². The van der Waals surface area contributed by atoms with Crippen molar-refractivity contribution in [1.82, 2.24) is 14.9 Å². The van der Waals surface area contributed by atoms with Crippen LogP contribution in [0.2, 0.25) is 0 Å². The second kappa shape index (κ2) is 3.31. The highest BCUT2D eigenvalue weighted by molar-refractivity contribution is 9.13. The van der Waals surface area contributed by atoms with Gasteiger partial charge in [0, 0.05) is 26.1 Å². The van der Waals surface area contributed by atoms with E-state index in [1.54, 1.807) is 0 Å². The predicted molar refractivity (Wildman–Crippen MR) is 65.9 cm³/mol. The number of hydrogen-bond donors (Lipinski definition) is 1. The van der Waals surface area contributed by atoms with Crippen molar-refractivity contribution in [3.05, 3.63) is 15.0 Å². The summed E-state index contributed by atoms with van der Waals surface area (Å²) in [6.07, 6.45) is 2.59. The Labute approximate surface area is 106 Å². The van der Waals surface area contributed by atoms with Crippen LogP contribution < -0.4 is 5.32 Å². The van der Waals surface area contributed by atoms with Crippen LogP contribution in [0.15, 0.2) is 9.21 Å². The molecule has 1 spiro atoms. The fourth-order valence-electron chi connectivity index (χ4n) is 2.76. The number of nitrogens with zero attached hydrogens (tertiary/aromatic N) is 2. The maximum atomic E-state index is 4.57. The predicted octanol–water partition coefficient (Wildman–Crippen LogP) is 2.41. The molecule has 3 rings (SSSR count). The molecule has 2 aliphatic rings. The van der Waals surface area contributed by atoms with Crippen molar-refractivity contribution in [1.29, 1.82) is 0 Å². The minimum atomic E-state index is 0.621. The lowest BCUT2D eigenvalue weighted by Crippen LogP contribution is -2.59. The first-order valence-electron chi connectivity index (χ1n) is 5.20. The van der Waals surface area contributed by atoms with E-state index in [9.17, 15) is 0 Å². The van der Waals surface area contributed by atoms with Crippen molar-refractivity contribution in [2.75, 3.05) is 13.1 Å². The topological polar surface area (TPSA) is 29.9 Å². The molecule has 1 aromatic rings. The second-order valence-electron chi connectivity index (χ2n) is 4.82. The zero-order valence-electron chi connectivity index (χ0n) is 8.56. The minimum Gasteiger partial charge on any atom is -0.325 e. The molecule has 1 N–H and O–H groups in total. The summed E-state index contributed by atoms with van der Waals surface area (Å²) in [6.45, 7) is 2.41. The van der Waals surface area contributed by atoms with Crippen molar-refractivity contribution in [3.63, 3.8) is 0 Å². The maximum absolute atomic E-state index is 4.57. The third-order valence-corrected chi connectivity index (χ3v) is 5.74. The van der Waals surface area contributed by atoms with E-state index in [4.69, 9.17) is 0 Å². The zero-order valence-corrected chi connectivity index (χ0v) is 11.7. The van der Waals surface area contributed by atoms with E-state index in [0.717, 1.165) is 9.21 Å². The Bertz CT molecular complexity index is 401. The molecule has 0 radical (unpaired) electrons. The van der Waals surface area contributed by atoms with E-state index in [1.807, 2.05) is 0 Å². The third-order valence-electron chi connectivity index (χ3n) is 3.75. The average molecular weight is 335 g/mol. The van der Waals surface area contributed by atoms with E-state index in [1.165, 1.54) is 31.8 Å². The van der Waals surface area contributed by atoms with Crippen molar-refractivity contribution in [2.24, 2.45) is 12.5 Å². The molecule has 1 saturated heterocycles. The Morgan fingerprint density at radius 3 is 2.47 bits per heavy atom. The Morgan fingerprint density at radius 1 is 1.40 bits per heavy atom. The highest BCUT2D eigenvalue weighted by Gasteiger charge is 2.50. The number of halogens is 2. The summed E-state index contributed by atoms with van der Waals surface area (Å²) in [6, 6.07) is 0. The number of hydrogen-bond acceptors (Lipinski definition) is 2. The van der Waals surface area contributed by atoms with Gasteiger partial charge in [0.1, 0.15) is 15.0 Å². The summed E-state index contributed by atoms with van der Waals surface area (Å²) < 4.78 is 4.12. The molecule has 0 bridgehead atoms. The fourth-order valence-corrected chi connectivity index (χ4v) is 3.48. The lowest BCUT2D eigenvalue weighted by atomic mass is 9.58. The second-order valence-corrected chi connectivity index (χ2v) is 6.32. The summed E-state index contributed by atoms with van der Waals surface area (Å²) in [4.78, 5) is 4.57. The number of imidazole rings is 1. The molecule has 15 heavy (non-hydrogen) atoms. The third kappa shape index (κ3) is 1.43. The molecule has 0 atom stereocenters. The van der Waals surface area contributed by atoms with Crippen LogP contribution >= 0.6 is 31.9 Å². The van der Waals surface area contributed by atoms with Crippen LogP contribution in [-0.4, -0.2) is 22.6 Å². The standard InChI is InChI=1S/C10H13Br2N3/c1-15-8(12)7(11)14-9(15)6-2-10(3-6)4-13-5-10/h6,13H,2-5H2,1H3. The Hall–Kier alpha value is 0.130. The summed E-state index contributed by atoms with van der Waals surface area (Å²) in [7, 11) is 2.07. The van der Waals surface area contributed by atoms with Gasteiger partial charge in [-0.15, -0.1) is 0 Å². The average Bonchev–Trinajstić information content (AvgIpc) is 2.29. The van der Waals surface area contributed by atoms with Crippen molar-refractivity contribution < 1.29 is 0 Å². The van der Waals surface area contributed by atoms with Gasteiger partial charge in [-0.05, 0) is 50.1 Å². The molecule has 2 fully saturated rings. The maximum Gasteiger partial charge on any atom is 0.139 e. The van der Waals surface area contributed by atoms with Crippen LogP contribution in [-0.2, 0) is 7.05 Å². The van der Waals surface area contributed by atoms with E-state index < -0.39 is 0 Å². The van der Waals surface area contributed by atoms with Crippen molar-refractivity contribution in [2.45, 2.75) is 18.8 Å². The molecule has 0 aromatic carbocycles. The molecule has 0 unspecified atom stereocenters. The van der Waals surface area contributed by atoms with Gasteiger partial charge in [-0.3, -0.25) is 0 Å². The van der Waals surface area contributed by atoms with Gasteiger partial charge in [0.2, 0.25) is 0 Å². The van der Waals surface area contributed by atoms with Crippen LogP contribution in [0.1, 0.15) is 24.6 Å². The van der Waals surface area contributed by atoms with Crippen molar-refractivity contribution >= 4 is 31.9 Å². The van der Waals surface area contributed by atoms with Gasteiger partial charge in [0.15, 0.2) is 0 Å². The van der Waals surface area contributed by atoms with Crippen LogP contribution in [0.3, 0.4) is 0 Å². The molecule has 1 saturated carbocycles. The molecular formula is C10H13Br2N3. The Kier molecular flexibility index (Phi) is 2.27. The Balaban J connectivity index is 1.80. The molecule has 3 nitrogen and oxygen atoms in total. The summed E-state index contributed by atoms with van der Waals surface area (Å²) in [5.74, 6) is 1.87. The van der Waals surface area contributed by atoms with E-state index >= 15 is 0 Å². The number of rotatable bonds is 1. The molecule has 5 heteroatoms. The molecule has 1 aliphatic heterocycles. The van der Waals surface area contributed by atoms with E-state index in [-0.39, 0.29) is 0 Å². The lowest BCUT2D eigenvalue weighted by Gasteiger charge is -2.54. The first-order valence-corrected chi connectivity index (χ1v) is 6.78. The van der Waals surface area contributed by atoms with Crippen LogP contribution in [0.5, 0.6) is 0 Å². The molecular weight excluding hydrogens is 322 g/mol. The normalized spacial score (nSPS) is 23.9. The summed E-state index contributed by atoms with van der Waals surface area (Å²) in [5.41, 5.74) is 0.621. The SMILES string of the molecule is Cn1c(C2CC3(CNC3)C2)nc(Br)c1Br. The molecule has 2 heterocycles. The van der Waals surface area contributed by atoms with Gasteiger partial charge in [0.25, 0.3) is 0 Å². The van der Waals surface area contributed by atoms with Crippen LogP contribution in [0, 0.1) is 5.41 Å². The van der Waals surface area contributed by atoms with Gasteiger partial charge >= 0.3 is 0 Å². The highest BCUT2D eigenvalue weighted by atomic mass is 79.9. The van der Waals surface area contributed by atoms with Gasteiger partial charge in [-0.2, -0.15) is 0 Å². The number of nitrogens with one attached hydrogen (secondary N) is 1. The minimum absolute atomic E-state index is 0.621. The van der Waals surface area contributed by atoms with Crippen LogP contribution in [0.25, 0.3) is 0 Å². The first kappa shape index (κ1) is 10.3. The fraction of sp³-hybridized carbons (Fsp3) is 0.700. The molecule has 1 aliphatic carbocycles. The van der Waals surface area contributed by atoms with Gasteiger partial charge in [-0.1, -0.05) is 0 Å². The van der Waals surface area contributed by atoms with E-state index in [2.05, 4.69) is 53.8 Å². The lowest BCUT2D eigenvalue weighted by molar-refractivity contribution is 0.0320. The smallest absolute Gasteiger partial charge is 0.139 e. The summed E-state index contributed by atoms with van der Waals surface area (Å²) in [5, 5.41) is 3.36. The molecule has 1 aromatic heterocycles. The monoisotopic (exact) mass is 333 g/mol. The van der Waals surface area contributed by atoms with Gasteiger partial charge in [-0.25, -0.2) is 4.98 Å². The first-order chi connectivity index (χ1) is 7.11. The number of aromatic nitrogens is 2. The highest BCUT2D eigenvalue weighted by Crippen LogP contribution is 2.53. The van der Waals surface area contributed by atoms with Gasteiger partial charge in [0.05, 0.1) is 0 Å². The Morgan fingerprint density at radius 2 is 2.07 bits per heavy atom. The largest absolute Gasteiger partial charge is 0.325 e.